The molecular formula is C13H18N4O4. The van der Waals surface area contributed by atoms with Crippen LogP contribution in [-0.2, 0) is 4.74 Å². The smallest absolute Gasteiger partial charge is 0.300 e. The Morgan fingerprint density at radius 2 is 2.33 bits per heavy atom. The van der Waals surface area contributed by atoms with E-state index in [0.717, 1.165) is 12.8 Å². The number of hydrogen-bond donors (Lipinski definition) is 2. The van der Waals surface area contributed by atoms with Gasteiger partial charge >= 0.3 is 0 Å². The first kappa shape index (κ1) is 15.2. The van der Waals surface area contributed by atoms with Crippen LogP contribution in [0.15, 0.2) is 12.3 Å². The molecule has 3 N–H and O–H groups in total. The van der Waals surface area contributed by atoms with Crippen molar-refractivity contribution >= 4 is 17.4 Å². The topological polar surface area (TPSA) is 120 Å². The Kier molecular flexibility index (Phi) is 5.04. The summed E-state index contributed by atoms with van der Waals surface area (Å²) >= 11 is 0. The number of nitrogens with two attached hydrogens (primary N) is 1. The van der Waals surface area contributed by atoms with Crippen LogP contribution in [0.1, 0.15) is 29.6 Å². The third-order valence-electron chi connectivity index (χ3n) is 3.15. The lowest BCUT2D eigenvalue weighted by atomic mass is 10.2. The standard InChI is InChI=1S/C13H18N4O4/c14-12-6-10(11(7-16-12)17(19)20)13(18)15-4-1-5-21-8-9-2-3-9/h6-7,9H,1-5,8H2,(H2,14,16)(H,15,18). The van der Waals surface area contributed by atoms with Crippen molar-refractivity contribution in [2.75, 3.05) is 25.5 Å². The van der Waals surface area contributed by atoms with Crippen LogP contribution in [0.3, 0.4) is 0 Å². The molecule has 0 atom stereocenters. The summed E-state index contributed by atoms with van der Waals surface area (Å²) in [5.74, 6) is 0.249. The van der Waals surface area contributed by atoms with E-state index in [2.05, 4.69) is 10.3 Å². The monoisotopic (exact) mass is 294 g/mol. The SMILES string of the molecule is Nc1cc(C(=O)NCCCOCC2CC2)c([N+](=O)[O-])cn1. The van der Waals surface area contributed by atoms with Crippen LogP contribution in [-0.4, -0.2) is 35.6 Å². The zero-order valence-electron chi connectivity index (χ0n) is 11.6. The lowest BCUT2D eigenvalue weighted by Crippen LogP contribution is -2.26. The van der Waals surface area contributed by atoms with Gasteiger partial charge in [-0.25, -0.2) is 4.98 Å². The van der Waals surface area contributed by atoms with Crippen LogP contribution in [0, 0.1) is 16.0 Å². The summed E-state index contributed by atoms with van der Waals surface area (Å²) in [5, 5.41) is 13.5. The highest BCUT2D eigenvalue weighted by Crippen LogP contribution is 2.28. The summed E-state index contributed by atoms with van der Waals surface area (Å²) in [7, 11) is 0. The maximum absolute atomic E-state index is 11.9. The van der Waals surface area contributed by atoms with E-state index in [4.69, 9.17) is 10.5 Å². The number of rotatable bonds is 8. The van der Waals surface area contributed by atoms with Crippen molar-refractivity contribution < 1.29 is 14.5 Å². The average Bonchev–Trinajstić information content (AvgIpc) is 3.26. The molecule has 21 heavy (non-hydrogen) atoms. The van der Waals surface area contributed by atoms with Gasteiger partial charge in [-0.05, 0) is 31.2 Å². The summed E-state index contributed by atoms with van der Waals surface area (Å²) in [6, 6.07) is 1.21. The maximum Gasteiger partial charge on any atom is 0.300 e. The zero-order valence-corrected chi connectivity index (χ0v) is 11.6. The molecular weight excluding hydrogens is 276 g/mol. The van der Waals surface area contributed by atoms with E-state index >= 15 is 0 Å². The number of nitro groups is 1. The van der Waals surface area contributed by atoms with Gasteiger partial charge in [0.15, 0.2) is 0 Å². The molecule has 1 aromatic heterocycles. The number of carbonyl (C=O) groups is 1. The van der Waals surface area contributed by atoms with Crippen LogP contribution in [0.2, 0.25) is 0 Å². The van der Waals surface area contributed by atoms with Crippen molar-refractivity contribution in [2.24, 2.45) is 5.92 Å². The van der Waals surface area contributed by atoms with Gasteiger partial charge in [0.25, 0.3) is 11.6 Å². The van der Waals surface area contributed by atoms with Crippen molar-refractivity contribution in [2.45, 2.75) is 19.3 Å². The minimum absolute atomic E-state index is 0.0681. The van der Waals surface area contributed by atoms with Gasteiger partial charge in [-0.15, -0.1) is 0 Å². The molecule has 1 aliphatic rings. The molecule has 1 aromatic rings. The number of amides is 1. The highest BCUT2D eigenvalue weighted by molar-refractivity contribution is 5.98. The zero-order chi connectivity index (χ0) is 15.2. The lowest BCUT2D eigenvalue weighted by molar-refractivity contribution is -0.385. The van der Waals surface area contributed by atoms with E-state index in [1.54, 1.807) is 0 Å². The Morgan fingerprint density at radius 3 is 3.00 bits per heavy atom. The first-order chi connectivity index (χ1) is 10.1. The Bertz CT molecular complexity index is 531. The molecule has 114 valence electrons. The fourth-order valence-corrected chi connectivity index (χ4v) is 1.80. The Hall–Kier alpha value is -2.22. The molecule has 0 bridgehead atoms. The Balaban J connectivity index is 1.79. The summed E-state index contributed by atoms with van der Waals surface area (Å²) in [4.78, 5) is 25.8. The second kappa shape index (κ2) is 6.98. The van der Waals surface area contributed by atoms with E-state index in [1.165, 1.54) is 18.9 Å². The number of nitrogens with zero attached hydrogens (tertiary/aromatic N) is 2. The van der Waals surface area contributed by atoms with Crippen LogP contribution in [0.25, 0.3) is 0 Å². The number of anilines is 1. The van der Waals surface area contributed by atoms with Gasteiger partial charge in [0.2, 0.25) is 0 Å². The molecule has 8 heteroatoms. The van der Waals surface area contributed by atoms with Crippen molar-refractivity contribution in [3.8, 4) is 0 Å². The maximum atomic E-state index is 11.9. The molecule has 0 unspecified atom stereocenters. The number of ether oxygens (including phenoxy) is 1. The normalized spacial score (nSPS) is 13.9. The molecule has 1 heterocycles. The number of carbonyl (C=O) groups excluding carboxylic acids is 1. The van der Waals surface area contributed by atoms with Gasteiger partial charge in [0.05, 0.1) is 4.92 Å². The van der Waals surface area contributed by atoms with Gasteiger partial charge < -0.3 is 15.8 Å². The van der Waals surface area contributed by atoms with E-state index in [-0.39, 0.29) is 17.1 Å². The van der Waals surface area contributed by atoms with E-state index in [1.807, 2.05) is 0 Å². The van der Waals surface area contributed by atoms with Crippen molar-refractivity contribution in [1.29, 1.82) is 0 Å². The molecule has 0 aromatic carbocycles. The number of aromatic nitrogens is 1. The minimum Gasteiger partial charge on any atom is -0.384 e. The van der Waals surface area contributed by atoms with Crippen LogP contribution < -0.4 is 11.1 Å². The van der Waals surface area contributed by atoms with E-state index in [9.17, 15) is 14.9 Å². The molecule has 0 spiro atoms. The van der Waals surface area contributed by atoms with Crippen molar-refractivity contribution in [3.05, 3.63) is 27.9 Å². The molecule has 8 nitrogen and oxygen atoms in total. The quantitative estimate of drug-likeness (QED) is 0.421. The molecule has 1 amide bonds. The van der Waals surface area contributed by atoms with Gasteiger partial charge in [0.1, 0.15) is 17.6 Å². The summed E-state index contributed by atoms with van der Waals surface area (Å²) in [5.41, 5.74) is 5.03. The van der Waals surface area contributed by atoms with Gasteiger partial charge in [-0.1, -0.05) is 0 Å². The highest BCUT2D eigenvalue weighted by Gasteiger charge is 2.22. The molecule has 1 saturated carbocycles. The number of hydrogen-bond acceptors (Lipinski definition) is 6. The third kappa shape index (κ3) is 4.67. The Morgan fingerprint density at radius 1 is 1.57 bits per heavy atom. The van der Waals surface area contributed by atoms with E-state index < -0.39 is 10.8 Å². The van der Waals surface area contributed by atoms with Crippen molar-refractivity contribution in [1.82, 2.24) is 10.3 Å². The lowest BCUT2D eigenvalue weighted by Gasteiger charge is -2.07. The fraction of sp³-hybridized carbons (Fsp3) is 0.538. The predicted octanol–water partition coefficient (Wildman–Crippen LogP) is 1.12. The summed E-state index contributed by atoms with van der Waals surface area (Å²) < 4.78 is 5.44. The summed E-state index contributed by atoms with van der Waals surface area (Å²) in [6.07, 6.45) is 4.13. The second-order valence-corrected chi connectivity index (χ2v) is 5.01. The largest absolute Gasteiger partial charge is 0.384 e. The second-order valence-electron chi connectivity index (χ2n) is 5.01. The van der Waals surface area contributed by atoms with Crippen LogP contribution in [0.4, 0.5) is 11.5 Å². The van der Waals surface area contributed by atoms with Gasteiger partial charge in [-0.2, -0.15) is 0 Å². The molecule has 0 aliphatic heterocycles. The minimum atomic E-state index is -0.653. The highest BCUT2D eigenvalue weighted by atomic mass is 16.6. The molecule has 1 aliphatic carbocycles. The first-order valence-electron chi connectivity index (χ1n) is 6.84. The average molecular weight is 294 g/mol. The van der Waals surface area contributed by atoms with Gasteiger partial charge in [-0.3, -0.25) is 14.9 Å². The summed E-state index contributed by atoms with van der Waals surface area (Å²) in [6.45, 7) is 1.74. The molecule has 1 fully saturated rings. The van der Waals surface area contributed by atoms with Crippen molar-refractivity contribution in [3.63, 3.8) is 0 Å². The van der Waals surface area contributed by atoms with E-state index in [0.29, 0.717) is 25.5 Å². The molecule has 0 radical (unpaired) electrons. The molecule has 0 saturated heterocycles. The first-order valence-corrected chi connectivity index (χ1v) is 6.84. The fourth-order valence-electron chi connectivity index (χ4n) is 1.80. The number of pyridine rings is 1. The van der Waals surface area contributed by atoms with Gasteiger partial charge in [0, 0.05) is 19.8 Å². The molecule has 2 rings (SSSR count). The Labute approximate surface area is 121 Å². The number of nitrogen functional groups attached to an aromatic ring is 1. The van der Waals surface area contributed by atoms with Crippen LogP contribution in [0.5, 0.6) is 0 Å². The number of nitrogens with one attached hydrogen (secondary N) is 1. The predicted molar refractivity (Wildman–Crippen MR) is 75.8 cm³/mol. The van der Waals surface area contributed by atoms with Crippen LogP contribution >= 0.6 is 0 Å². The third-order valence-corrected chi connectivity index (χ3v) is 3.15.